The third kappa shape index (κ3) is 2.67. The maximum absolute atomic E-state index is 15.2. The lowest BCUT2D eigenvalue weighted by Gasteiger charge is -2.10. The smallest absolute Gasteiger partial charge is 0.362 e. The SMILES string of the molecule is O=c1[nH]c(=O)c2cc(Cn3c4cc(F)c5ccoc5c4c4c5cccnc5oc(=O)c43)c(F)cc2[nH]1. The third-order valence-electron chi connectivity index (χ3n) is 6.37. The first-order valence-electron chi connectivity index (χ1n) is 10.7. The fraction of sp³-hybridized carbons (Fsp3) is 0.0400. The van der Waals surface area contributed by atoms with Crippen molar-refractivity contribution in [3.8, 4) is 0 Å². The minimum Gasteiger partial charge on any atom is -0.463 e. The Labute approximate surface area is 196 Å². The van der Waals surface area contributed by atoms with E-state index < -0.39 is 28.5 Å². The van der Waals surface area contributed by atoms with Gasteiger partial charge in [0.1, 0.15) is 22.7 Å². The molecular formula is C25H12F2N4O5. The number of pyridine rings is 1. The zero-order valence-corrected chi connectivity index (χ0v) is 18.0. The lowest BCUT2D eigenvalue weighted by molar-refractivity contribution is 0.552. The Bertz CT molecular complexity index is 2240. The van der Waals surface area contributed by atoms with Crippen LogP contribution in [0.1, 0.15) is 5.56 Å². The van der Waals surface area contributed by atoms with E-state index >= 15 is 8.78 Å². The molecule has 0 radical (unpaired) electrons. The van der Waals surface area contributed by atoms with Gasteiger partial charge in [0.15, 0.2) is 0 Å². The normalized spacial score (nSPS) is 12.1. The average Bonchev–Trinajstić information content (AvgIpc) is 3.44. The highest BCUT2D eigenvalue weighted by Gasteiger charge is 2.24. The predicted octanol–water partition coefficient (Wildman–Crippen LogP) is 3.90. The zero-order valence-electron chi connectivity index (χ0n) is 18.0. The van der Waals surface area contributed by atoms with E-state index in [9.17, 15) is 14.4 Å². The molecule has 0 aliphatic rings. The molecular weight excluding hydrogens is 474 g/mol. The molecule has 36 heavy (non-hydrogen) atoms. The number of fused-ring (bicyclic) bond motifs is 8. The molecule has 7 aromatic rings. The fourth-order valence-corrected chi connectivity index (χ4v) is 4.87. The summed E-state index contributed by atoms with van der Waals surface area (Å²) in [6.45, 7) is -0.247. The van der Waals surface area contributed by atoms with Gasteiger partial charge in [-0.3, -0.25) is 9.78 Å². The Morgan fingerprint density at radius 2 is 1.81 bits per heavy atom. The Kier molecular flexibility index (Phi) is 3.94. The van der Waals surface area contributed by atoms with Crippen molar-refractivity contribution in [1.29, 1.82) is 0 Å². The van der Waals surface area contributed by atoms with Crippen LogP contribution in [-0.2, 0) is 6.54 Å². The Morgan fingerprint density at radius 1 is 0.944 bits per heavy atom. The van der Waals surface area contributed by atoms with Gasteiger partial charge in [-0.1, -0.05) is 0 Å². The summed E-state index contributed by atoms with van der Waals surface area (Å²) in [5.41, 5.74) is -1.53. The van der Waals surface area contributed by atoms with E-state index in [1.807, 2.05) is 0 Å². The summed E-state index contributed by atoms with van der Waals surface area (Å²) in [7, 11) is 0. The highest BCUT2D eigenvalue weighted by Crippen LogP contribution is 2.39. The summed E-state index contributed by atoms with van der Waals surface area (Å²) in [5, 5.41) is 1.63. The van der Waals surface area contributed by atoms with Crippen molar-refractivity contribution in [3.63, 3.8) is 0 Å². The molecule has 9 nitrogen and oxygen atoms in total. The van der Waals surface area contributed by atoms with Crippen molar-refractivity contribution < 1.29 is 17.6 Å². The second-order valence-corrected chi connectivity index (χ2v) is 8.37. The van der Waals surface area contributed by atoms with Crippen LogP contribution in [0, 0.1) is 11.6 Å². The summed E-state index contributed by atoms with van der Waals surface area (Å²) in [4.78, 5) is 45.7. The molecule has 7 rings (SSSR count). The van der Waals surface area contributed by atoms with Crippen LogP contribution in [0.25, 0.3) is 54.8 Å². The van der Waals surface area contributed by atoms with Crippen molar-refractivity contribution >= 4 is 54.8 Å². The number of aromatic nitrogens is 4. The molecule has 2 N–H and O–H groups in total. The zero-order chi connectivity index (χ0) is 24.7. The molecule has 0 unspecified atom stereocenters. The molecule has 0 fully saturated rings. The van der Waals surface area contributed by atoms with Crippen molar-refractivity contribution in [2.24, 2.45) is 0 Å². The van der Waals surface area contributed by atoms with E-state index in [-0.39, 0.29) is 50.7 Å². The average molecular weight is 486 g/mol. The summed E-state index contributed by atoms with van der Waals surface area (Å²) in [5.74, 6) is -1.32. The molecule has 0 spiro atoms. The number of H-pyrrole nitrogens is 2. The van der Waals surface area contributed by atoms with Crippen LogP contribution in [0.5, 0.6) is 0 Å². The van der Waals surface area contributed by atoms with Gasteiger partial charge in [0.25, 0.3) is 5.56 Å². The van der Waals surface area contributed by atoms with Gasteiger partial charge in [0, 0.05) is 22.5 Å². The predicted molar refractivity (Wildman–Crippen MR) is 127 cm³/mol. The Morgan fingerprint density at radius 3 is 2.67 bits per heavy atom. The fourth-order valence-electron chi connectivity index (χ4n) is 4.87. The third-order valence-corrected chi connectivity index (χ3v) is 6.37. The van der Waals surface area contributed by atoms with Crippen LogP contribution in [0.4, 0.5) is 8.78 Å². The lowest BCUT2D eigenvalue weighted by atomic mass is 10.1. The summed E-state index contributed by atoms with van der Waals surface area (Å²) >= 11 is 0. The lowest BCUT2D eigenvalue weighted by Crippen LogP contribution is -2.22. The van der Waals surface area contributed by atoms with Gasteiger partial charge in [-0.15, -0.1) is 0 Å². The van der Waals surface area contributed by atoms with Crippen molar-refractivity contribution in [3.05, 3.63) is 97.3 Å². The molecule has 0 amide bonds. The summed E-state index contributed by atoms with van der Waals surface area (Å²) in [6.07, 6.45) is 2.82. The maximum Gasteiger partial charge on any atom is 0.362 e. The van der Waals surface area contributed by atoms with Crippen molar-refractivity contribution in [2.75, 3.05) is 0 Å². The number of furan rings is 1. The van der Waals surface area contributed by atoms with Gasteiger partial charge in [-0.2, -0.15) is 0 Å². The quantitative estimate of drug-likeness (QED) is 0.382. The van der Waals surface area contributed by atoms with Gasteiger partial charge >= 0.3 is 11.3 Å². The molecule has 5 heterocycles. The number of hydrogen-bond acceptors (Lipinski definition) is 6. The summed E-state index contributed by atoms with van der Waals surface area (Å²) < 4.78 is 42.7. The molecule has 11 heteroatoms. The second-order valence-electron chi connectivity index (χ2n) is 8.37. The number of benzene rings is 2. The maximum atomic E-state index is 15.2. The molecule has 0 saturated heterocycles. The monoisotopic (exact) mass is 486 g/mol. The van der Waals surface area contributed by atoms with Crippen molar-refractivity contribution in [2.45, 2.75) is 6.54 Å². The highest BCUT2D eigenvalue weighted by atomic mass is 19.1. The first-order valence-corrected chi connectivity index (χ1v) is 10.7. The number of aromatic amines is 2. The minimum absolute atomic E-state index is 0.0205. The van der Waals surface area contributed by atoms with Crippen LogP contribution in [0.3, 0.4) is 0 Å². The largest absolute Gasteiger partial charge is 0.463 e. The van der Waals surface area contributed by atoms with Gasteiger partial charge in [0.05, 0.1) is 40.0 Å². The minimum atomic E-state index is -0.766. The van der Waals surface area contributed by atoms with Gasteiger partial charge in [-0.25, -0.2) is 23.4 Å². The molecule has 0 aliphatic carbocycles. The number of nitrogens with zero attached hydrogens (tertiary/aromatic N) is 2. The topological polar surface area (TPSA) is 127 Å². The first-order chi connectivity index (χ1) is 17.4. The molecule has 2 aromatic carbocycles. The first kappa shape index (κ1) is 20.3. The summed E-state index contributed by atoms with van der Waals surface area (Å²) in [6, 6.07) is 8.42. The van der Waals surface area contributed by atoms with Gasteiger partial charge in [0.2, 0.25) is 5.71 Å². The van der Waals surface area contributed by atoms with Crippen LogP contribution in [0.2, 0.25) is 0 Å². The highest BCUT2D eigenvalue weighted by molar-refractivity contribution is 6.25. The molecule has 0 aliphatic heterocycles. The number of halogens is 2. The van der Waals surface area contributed by atoms with Gasteiger partial charge < -0.3 is 18.4 Å². The number of nitrogens with one attached hydrogen (secondary N) is 2. The Hall–Kier alpha value is -5.06. The molecule has 0 atom stereocenters. The molecule has 176 valence electrons. The number of rotatable bonds is 2. The van der Waals surface area contributed by atoms with Crippen molar-refractivity contribution in [1.82, 2.24) is 19.5 Å². The van der Waals surface area contributed by atoms with E-state index in [2.05, 4.69) is 15.0 Å². The van der Waals surface area contributed by atoms with Gasteiger partial charge in [-0.05, 0) is 36.4 Å². The van der Waals surface area contributed by atoms with Crippen LogP contribution in [-0.4, -0.2) is 19.5 Å². The standard InChI is InChI=1S/C25H12F2N4O5/c26-14-7-16-13(22(32)30-25(34)29-16)6-10(14)9-31-17-8-15(27)11-3-5-35-21(11)19(17)18-12-2-1-4-28-23(12)36-24(33)20(18)31/h1-8H,9H2,(H2,29,30,32,34). The Balaban J connectivity index is 1.64. The van der Waals surface area contributed by atoms with E-state index in [1.165, 1.54) is 35.2 Å². The van der Waals surface area contributed by atoms with Crippen LogP contribution >= 0.6 is 0 Å². The number of hydrogen-bond donors (Lipinski definition) is 2. The van der Waals surface area contributed by atoms with Crippen LogP contribution < -0.4 is 16.9 Å². The molecule has 5 aromatic heterocycles. The van der Waals surface area contributed by atoms with E-state index in [0.29, 0.717) is 16.2 Å². The van der Waals surface area contributed by atoms with Crippen LogP contribution in [0.15, 0.2) is 72.1 Å². The van der Waals surface area contributed by atoms with E-state index in [0.717, 1.165) is 6.07 Å². The van der Waals surface area contributed by atoms with E-state index in [1.54, 1.807) is 12.1 Å². The second kappa shape index (κ2) is 6.98. The van der Waals surface area contributed by atoms with E-state index in [4.69, 9.17) is 8.83 Å². The molecule has 0 saturated carbocycles. The molecule has 0 bridgehead atoms.